The van der Waals surface area contributed by atoms with Crippen LogP contribution < -0.4 is 5.32 Å². The highest BCUT2D eigenvalue weighted by atomic mass is 19.1. The zero-order valence-electron chi connectivity index (χ0n) is 14.3. The van der Waals surface area contributed by atoms with Gasteiger partial charge in [-0.15, -0.1) is 0 Å². The van der Waals surface area contributed by atoms with Crippen molar-refractivity contribution >= 4 is 17.5 Å². The average Bonchev–Trinajstić information content (AvgIpc) is 2.62. The number of benzene rings is 1. The van der Waals surface area contributed by atoms with E-state index in [4.69, 9.17) is 0 Å². The molecule has 0 aliphatic carbocycles. The van der Waals surface area contributed by atoms with Crippen molar-refractivity contribution in [3.8, 4) is 0 Å². The molecule has 1 aromatic carbocycles. The molecule has 5 nitrogen and oxygen atoms in total. The second-order valence-corrected chi connectivity index (χ2v) is 6.40. The lowest BCUT2D eigenvalue weighted by atomic mass is 9.91. The number of nitrogens with zero attached hydrogens (tertiary/aromatic N) is 2. The number of rotatable bonds is 4. The van der Waals surface area contributed by atoms with Gasteiger partial charge in [0.2, 0.25) is 0 Å². The SMILES string of the molecule is CN1CCC(C(=O)c2cccc(NC(=O)c3c(F)cccc3F)n2)CC1. The molecule has 0 saturated carbocycles. The predicted molar refractivity (Wildman–Crippen MR) is 93.1 cm³/mol. The van der Waals surface area contributed by atoms with E-state index in [1.807, 2.05) is 7.05 Å². The molecular formula is C19H19F2N3O2. The van der Waals surface area contributed by atoms with E-state index in [0.29, 0.717) is 0 Å². The lowest BCUT2D eigenvalue weighted by Gasteiger charge is -2.27. The zero-order valence-corrected chi connectivity index (χ0v) is 14.3. The Hall–Kier alpha value is -2.67. The lowest BCUT2D eigenvalue weighted by molar-refractivity contribution is 0.0851. The predicted octanol–water partition coefficient (Wildman–Crippen LogP) is 3.14. The van der Waals surface area contributed by atoms with Crippen molar-refractivity contribution in [3.05, 3.63) is 59.3 Å². The van der Waals surface area contributed by atoms with Gasteiger partial charge in [0.25, 0.3) is 5.91 Å². The van der Waals surface area contributed by atoms with Crippen LogP contribution in [0.15, 0.2) is 36.4 Å². The van der Waals surface area contributed by atoms with E-state index in [2.05, 4.69) is 15.2 Å². The van der Waals surface area contributed by atoms with Crippen molar-refractivity contribution in [1.82, 2.24) is 9.88 Å². The number of piperidine rings is 1. The van der Waals surface area contributed by atoms with Crippen molar-refractivity contribution in [2.75, 3.05) is 25.5 Å². The largest absolute Gasteiger partial charge is 0.306 e. The summed E-state index contributed by atoms with van der Waals surface area (Å²) in [6.07, 6.45) is 1.52. The van der Waals surface area contributed by atoms with Gasteiger partial charge < -0.3 is 10.2 Å². The number of hydrogen-bond donors (Lipinski definition) is 1. The summed E-state index contributed by atoms with van der Waals surface area (Å²) in [5.41, 5.74) is -0.437. The molecule has 136 valence electrons. The second kappa shape index (κ2) is 7.70. The number of carbonyl (C=O) groups is 2. The maximum atomic E-state index is 13.7. The van der Waals surface area contributed by atoms with Gasteiger partial charge in [-0.25, -0.2) is 13.8 Å². The van der Waals surface area contributed by atoms with Crippen LogP contribution in [0.2, 0.25) is 0 Å². The maximum absolute atomic E-state index is 13.7. The van der Waals surface area contributed by atoms with Crippen LogP contribution in [0.5, 0.6) is 0 Å². The first-order valence-corrected chi connectivity index (χ1v) is 8.41. The summed E-state index contributed by atoms with van der Waals surface area (Å²) in [7, 11) is 2.01. The van der Waals surface area contributed by atoms with Gasteiger partial charge in [-0.05, 0) is 57.2 Å². The maximum Gasteiger partial charge on any atom is 0.262 e. The highest BCUT2D eigenvalue weighted by molar-refractivity contribution is 6.04. The van der Waals surface area contributed by atoms with Crippen LogP contribution in [0.25, 0.3) is 0 Å². The van der Waals surface area contributed by atoms with E-state index >= 15 is 0 Å². The molecule has 1 saturated heterocycles. The summed E-state index contributed by atoms with van der Waals surface area (Å²) in [5.74, 6) is -2.96. The first-order chi connectivity index (χ1) is 12.5. The number of pyridine rings is 1. The van der Waals surface area contributed by atoms with Gasteiger partial charge >= 0.3 is 0 Å². The van der Waals surface area contributed by atoms with Crippen molar-refractivity contribution in [2.45, 2.75) is 12.8 Å². The van der Waals surface area contributed by atoms with Crippen LogP contribution >= 0.6 is 0 Å². The number of nitrogens with one attached hydrogen (secondary N) is 1. The summed E-state index contributed by atoms with van der Waals surface area (Å²) in [6, 6.07) is 7.84. The topological polar surface area (TPSA) is 62.3 Å². The summed E-state index contributed by atoms with van der Waals surface area (Å²) >= 11 is 0. The summed E-state index contributed by atoms with van der Waals surface area (Å²) in [6.45, 7) is 1.69. The number of Topliss-reactive ketones (excluding diaryl/α,β-unsaturated/α-hetero) is 1. The summed E-state index contributed by atoms with van der Waals surface area (Å²) in [4.78, 5) is 31.1. The quantitative estimate of drug-likeness (QED) is 0.852. The number of ketones is 1. The van der Waals surface area contributed by atoms with Gasteiger partial charge in [-0.1, -0.05) is 12.1 Å². The number of hydrogen-bond acceptors (Lipinski definition) is 4. The number of amides is 1. The van der Waals surface area contributed by atoms with E-state index in [0.717, 1.165) is 38.1 Å². The van der Waals surface area contributed by atoms with Crippen molar-refractivity contribution in [3.63, 3.8) is 0 Å². The van der Waals surface area contributed by atoms with E-state index in [1.54, 1.807) is 12.1 Å². The van der Waals surface area contributed by atoms with E-state index < -0.39 is 23.1 Å². The minimum Gasteiger partial charge on any atom is -0.306 e. The van der Waals surface area contributed by atoms with E-state index in [9.17, 15) is 18.4 Å². The fraction of sp³-hybridized carbons (Fsp3) is 0.316. The molecule has 3 rings (SSSR count). The summed E-state index contributed by atoms with van der Waals surface area (Å²) in [5, 5.41) is 2.35. The van der Waals surface area contributed by atoms with Gasteiger partial charge in [0.1, 0.15) is 28.7 Å². The van der Waals surface area contributed by atoms with Gasteiger partial charge in [-0.2, -0.15) is 0 Å². The number of halogens is 2. The van der Waals surface area contributed by atoms with Crippen LogP contribution in [-0.2, 0) is 0 Å². The molecule has 0 radical (unpaired) electrons. The van der Waals surface area contributed by atoms with Crippen LogP contribution in [0, 0.1) is 17.6 Å². The number of carbonyl (C=O) groups excluding carboxylic acids is 2. The first-order valence-electron chi connectivity index (χ1n) is 8.41. The monoisotopic (exact) mass is 359 g/mol. The van der Waals surface area contributed by atoms with Crippen LogP contribution in [-0.4, -0.2) is 41.7 Å². The molecule has 1 amide bonds. The number of anilines is 1. The average molecular weight is 359 g/mol. The Morgan fingerprint density at radius 1 is 1.08 bits per heavy atom. The molecule has 1 fully saturated rings. The molecular weight excluding hydrogens is 340 g/mol. The molecule has 26 heavy (non-hydrogen) atoms. The highest BCUT2D eigenvalue weighted by Gasteiger charge is 2.25. The molecule has 7 heteroatoms. The van der Waals surface area contributed by atoms with E-state index in [1.165, 1.54) is 12.1 Å². The van der Waals surface area contributed by atoms with Crippen LogP contribution in [0.3, 0.4) is 0 Å². The molecule has 1 aliphatic rings. The molecule has 0 unspecified atom stereocenters. The molecule has 1 N–H and O–H groups in total. The first kappa shape index (κ1) is 18.1. The minimum atomic E-state index is -0.957. The molecule has 1 aromatic heterocycles. The van der Waals surface area contributed by atoms with Gasteiger partial charge in [0.15, 0.2) is 5.78 Å². The molecule has 0 bridgehead atoms. The number of aromatic nitrogens is 1. The van der Waals surface area contributed by atoms with Crippen LogP contribution in [0.1, 0.15) is 33.7 Å². The minimum absolute atomic E-state index is 0.0775. The van der Waals surface area contributed by atoms with Gasteiger partial charge in [0.05, 0.1) is 0 Å². The Kier molecular flexibility index (Phi) is 5.37. The van der Waals surface area contributed by atoms with Crippen LogP contribution in [0.4, 0.5) is 14.6 Å². The Morgan fingerprint density at radius 2 is 1.69 bits per heavy atom. The Labute approximate surface area is 150 Å². The third-order valence-corrected chi connectivity index (χ3v) is 4.52. The van der Waals surface area contributed by atoms with Crippen molar-refractivity contribution < 1.29 is 18.4 Å². The third-order valence-electron chi connectivity index (χ3n) is 4.52. The summed E-state index contributed by atoms with van der Waals surface area (Å²) < 4.78 is 27.4. The smallest absolute Gasteiger partial charge is 0.262 e. The third kappa shape index (κ3) is 3.94. The Balaban J connectivity index is 1.75. The van der Waals surface area contributed by atoms with Gasteiger partial charge in [-0.3, -0.25) is 9.59 Å². The molecule has 2 heterocycles. The second-order valence-electron chi connectivity index (χ2n) is 6.40. The Morgan fingerprint density at radius 3 is 2.35 bits per heavy atom. The fourth-order valence-corrected chi connectivity index (χ4v) is 3.02. The van der Waals surface area contributed by atoms with Crippen molar-refractivity contribution in [2.24, 2.45) is 5.92 Å². The molecule has 0 spiro atoms. The normalized spacial score (nSPS) is 15.7. The van der Waals surface area contributed by atoms with Gasteiger partial charge in [0, 0.05) is 5.92 Å². The fourth-order valence-electron chi connectivity index (χ4n) is 3.02. The van der Waals surface area contributed by atoms with E-state index in [-0.39, 0.29) is 23.2 Å². The number of likely N-dealkylation sites (tertiary alicyclic amines) is 1. The Bertz CT molecular complexity index is 813. The highest BCUT2D eigenvalue weighted by Crippen LogP contribution is 2.21. The molecule has 2 aromatic rings. The standard InChI is InChI=1S/C19H19F2N3O2/c1-24-10-8-12(9-11-24)18(25)15-6-3-7-16(22-15)23-19(26)17-13(20)4-2-5-14(17)21/h2-7,12H,8-11H2,1H3,(H,22,23,26). The zero-order chi connectivity index (χ0) is 18.7. The molecule has 0 atom stereocenters. The van der Waals surface area contributed by atoms with Crippen molar-refractivity contribution in [1.29, 1.82) is 0 Å². The molecule has 1 aliphatic heterocycles. The lowest BCUT2D eigenvalue weighted by Crippen LogP contribution is -2.33.